The molecule has 3 rings (SSSR count). The molecule has 0 amide bonds. The van der Waals surface area contributed by atoms with Gasteiger partial charge in [-0.2, -0.15) is 0 Å². The van der Waals surface area contributed by atoms with Gasteiger partial charge in [0.15, 0.2) is 0 Å². The molecule has 18 heavy (non-hydrogen) atoms. The lowest BCUT2D eigenvalue weighted by Gasteiger charge is -2.08. The van der Waals surface area contributed by atoms with Crippen LogP contribution in [0.4, 0.5) is 5.82 Å². The van der Waals surface area contributed by atoms with Gasteiger partial charge in [0.25, 0.3) is 0 Å². The smallest absolute Gasteiger partial charge is 0.142 e. The molecule has 1 aromatic carbocycles. The van der Waals surface area contributed by atoms with Crippen LogP contribution in [0.5, 0.6) is 0 Å². The Morgan fingerprint density at radius 3 is 2.44 bits per heavy atom. The van der Waals surface area contributed by atoms with Gasteiger partial charge in [0.05, 0.1) is 5.69 Å². The fraction of sp³-hybridized carbons (Fsp3) is 0.400. The molecular formula is C15H19N3. The maximum Gasteiger partial charge on any atom is 0.142 e. The molecule has 1 aliphatic carbocycles. The summed E-state index contributed by atoms with van der Waals surface area (Å²) in [4.78, 5) is 4.78. The highest BCUT2D eigenvalue weighted by atomic mass is 15.2. The van der Waals surface area contributed by atoms with E-state index in [2.05, 4.69) is 30.5 Å². The molecule has 1 fully saturated rings. The fourth-order valence-electron chi connectivity index (χ4n) is 2.38. The second kappa shape index (κ2) is 4.16. The Morgan fingerprint density at radius 2 is 1.89 bits per heavy atom. The van der Waals surface area contributed by atoms with Crippen molar-refractivity contribution in [3.05, 3.63) is 36.0 Å². The molecule has 1 aromatic heterocycles. The van der Waals surface area contributed by atoms with E-state index >= 15 is 0 Å². The second-order valence-corrected chi connectivity index (χ2v) is 5.33. The average Bonchev–Trinajstić information content (AvgIpc) is 3.14. The van der Waals surface area contributed by atoms with E-state index in [1.165, 1.54) is 12.8 Å². The van der Waals surface area contributed by atoms with Crippen LogP contribution in [0.3, 0.4) is 0 Å². The number of nitrogens with zero attached hydrogens (tertiary/aromatic N) is 2. The van der Waals surface area contributed by atoms with Crippen molar-refractivity contribution in [1.29, 1.82) is 0 Å². The third kappa shape index (κ3) is 1.80. The summed E-state index contributed by atoms with van der Waals surface area (Å²) in [5.41, 5.74) is 8.47. The maximum absolute atomic E-state index is 6.28. The third-order valence-corrected chi connectivity index (χ3v) is 3.47. The molecule has 94 valence electrons. The highest BCUT2D eigenvalue weighted by Crippen LogP contribution is 2.42. The zero-order valence-corrected chi connectivity index (χ0v) is 10.9. The Balaban J connectivity index is 2.16. The molecule has 1 saturated carbocycles. The number of rotatable bonds is 3. The van der Waals surface area contributed by atoms with Crippen molar-refractivity contribution in [2.45, 2.75) is 38.6 Å². The summed E-state index contributed by atoms with van der Waals surface area (Å²) >= 11 is 0. The van der Waals surface area contributed by atoms with Gasteiger partial charge in [-0.3, -0.25) is 0 Å². The maximum atomic E-state index is 6.28. The molecule has 2 aromatic rings. The Kier molecular flexibility index (Phi) is 2.62. The van der Waals surface area contributed by atoms with E-state index in [1.54, 1.807) is 0 Å². The number of nitrogen functional groups attached to an aromatic ring is 1. The zero-order chi connectivity index (χ0) is 12.7. The van der Waals surface area contributed by atoms with Crippen molar-refractivity contribution in [3.8, 4) is 11.4 Å². The minimum Gasteiger partial charge on any atom is -0.384 e. The molecule has 1 aliphatic rings. The van der Waals surface area contributed by atoms with Crippen LogP contribution in [0.2, 0.25) is 0 Å². The van der Waals surface area contributed by atoms with Gasteiger partial charge in [-0.1, -0.05) is 44.2 Å². The van der Waals surface area contributed by atoms with Gasteiger partial charge >= 0.3 is 0 Å². The molecule has 0 radical (unpaired) electrons. The second-order valence-electron chi connectivity index (χ2n) is 5.33. The first-order chi connectivity index (χ1) is 8.68. The quantitative estimate of drug-likeness (QED) is 0.892. The molecule has 0 saturated heterocycles. The Labute approximate surface area is 108 Å². The van der Waals surface area contributed by atoms with Crippen LogP contribution in [-0.4, -0.2) is 9.55 Å². The number of aromatic nitrogens is 2. The van der Waals surface area contributed by atoms with Crippen LogP contribution < -0.4 is 5.73 Å². The summed E-state index contributed by atoms with van der Waals surface area (Å²) in [7, 11) is 0. The minimum absolute atomic E-state index is 0.368. The van der Waals surface area contributed by atoms with E-state index in [0.29, 0.717) is 12.0 Å². The number of benzene rings is 1. The van der Waals surface area contributed by atoms with Crippen LogP contribution in [0.15, 0.2) is 30.3 Å². The van der Waals surface area contributed by atoms with Crippen LogP contribution in [0.1, 0.15) is 44.3 Å². The predicted molar refractivity (Wildman–Crippen MR) is 74.4 cm³/mol. The molecule has 0 unspecified atom stereocenters. The number of hydrogen-bond acceptors (Lipinski definition) is 2. The molecule has 0 bridgehead atoms. The highest BCUT2D eigenvalue weighted by molar-refractivity contribution is 5.61. The number of hydrogen-bond donors (Lipinski definition) is 1. The van der Waals surface area contributed by atoms with Gasteiger partial charge in [0.1, 0.15) is 11.6 Å². The largest absolute Gasteiger partial charge is 0.384 e. The predicted octanol–water partition coefficient (Wildman–Crippen LogP) is 3.59. The zero-order valence-electron chi connectivity index (χ0n) is 10.9. The van der Waals surface area contributed by atoms with Crippen LogP contribution in [-0.2, 0) is 0 Å². The standard InChI is InChI=1S/C15H19N3/c1-10(2)13-14(16)18(12-8-9-12)15(17-13)11-6-4-3-5-7-11/h3-7,10,12H,8-9,16H2,1-2H3. The molecule has 2 N–H and O–H groups in total. The first-order valence-corrected chi connectivity index (χ1v) is 6.61. The lowest BCUT2D eigenvalue weighted by Crippen LogP contribution is -2.03. The summed E-state index contributed by atoms with van der Waals surface area (Å²) in [6.07, 6.45) is 2.44. The van der Waals surface area contributed by atoms with Crippen molar-refractivity contribution < 1.29 is 0 Å². The lowest BCUT2D eigenvalue weighted by molar-refractivity contribution is 0.757. The van der Waals surface area contributed by atoms with E-state index in [-0.39, 0.29) is 0 Å². The van der Waals surface area contributed by atoms with E-state index < -0.39 is 0 Å². The Bertz CT molecular complexity index is 551. The van der Waals surface area contributed by atoms with Crippen molar-refractivity contribution in [1.82, 2.24) is 9.55 Å². The van der Waals surface area contributed by atoms with E-state index in [9.17, 15) is 0 Å². The van der Waals surface area contributed by atoms with E-state index in [1.807, 2.05) is 18.2 Å². The van der Waals surface area contributed by atoms with Gasteiger partial charge in [0.2, 0.25) is 0 Å². The molecule has 3 heteroatoms. The minimum atomic E-state index is 0.368. The molecule has 1 heterocycles. The Morgan fingerprint density at radius 1 is 1.22 bits per heavy atom. The summed E-state index contributed by atoms with van der Waals surface area (Å²) in [6.45, 7) is 4.29. The summed E-state index contributed by atoms with van der Waals surface area (Å²) in [6, 6.07) is 10.9. The van der Waals surface area contributed by atoms with Gasteiger partial charge in [-0.05, 0) is 18.8 Å². The first kappa shape index (κ1) is 11.3. The fourth-order valence-corrected chi connectivity index (χ4v) is 2.38. The van der Waals surface area contributed by atoms with Crippen molar-refractivity contribution >= 4 is 5.82 Å². The van der Waals surface area contributed by atoms with Gasteiger partial charge in [0, 0.05) is 11.6 Å². The molecule has 0 aliphatic heterocycles. The highest BCUT2D eigenvalue weighted by Gasteiger charge is 2.30. The normalized spacial score (nSPS) is 15.3. The lowest BCUT2D eigenvalue weighted by atomic mass is 10.1. The SMILES string of the molecule is CC(C)c1nc(-c2ccccc2)n(C2CC2)c1N. The van der Waals surface area contributed by atoms with Crippen LogP contribution in [0, 0.1) is 0 Å². The van der Waals surface area contributed by atoms with Gasteiger partial charge in [-0.15, -0.1) is 0 Å². The summed E-state index contributed by atoms with van der Waals surface area (Å²) < 4.78 is 2.23. The number of nitrogens with two attached hydrogens (primary N) is 1. The number of imidazole rings is 1. The van der Waals surface area contributed by atoms with E-state index in [4.69, 9.17) is 10.7 Å². The molecule has 0 atom stereocenters. The van der Waals surface area contributed by atoms with Crippen LogP contribution in [0.25, 0.3) is 11.4 Å². The average molecular weight is 241 g/mol. The van der Waals surface area contributed by atoms with Crippen molar-refractivity contribution in [3.63, 3.8) is 0 Å². The third-order valence-electron chi connectivity index (χ3n) is 3.47. The molecule has 0 spiro atoms. The van der Waals surface area contributed by atoms with E-state index in [0.717, 1.165) is 22.9 Å². The van der Waals surface area contributed by atoms with Gasteiger partial charge in [-0.25, -0.2) is 4.98 Å². The summed E-state index contributed by atoms with van der Waals surface area (Å²) in [5, 5.41) is 0. The Hall–Kier alpha value is -1.77. The summed E-state index contributed by atoms with van der Waals surface area (Å²) in [5.74, 6) is 2.25. The number of anilines is 1. The van der Waals surface area contributed by atoms with Crippen molar-refractivity contribution in [2.24, 2.45) is 0 Å². The van der Waals surface area contributed by atoms with Gasteiger partial charge < -0.3 is 10.3 Å². The monoisotopic (exact) mass is 241 g/mol. The van der Waals surface area contributed by atoms with Crippen molar-refractivity contribution in [2.75, 3.05) is 5.73 Å². The van der Waals surface area contributed by atoms with Crippen LogP contribution >= 0.6 is 0 Å². The molecule has 3 nitrogen and oxygen atoms in total. The first-order valence-electron chi connectivity index (χ1n) is 6.61. The topological polar surface area (TPSA) is 43.8 Å². The molecular weight excluding hydrogens is 222 g/mol.